The molecule has 0 saturated carbocycles. The fourth-order valence-corrected chi connectivity index (χ4v) is 1.32. The molecular formula is C6H16NO2P. The molecule has 0 spiro atoms. The van der Waals surface area contributed by atoms with E-state index >= 15 is 0 Å². The summed E-state index contributed by atoms with van der Waals surface area (Å²) in [5.41, 5.74) is 5.50. The van der Waals surface area contributed by atoms with E-state index in [0.717, 1.165) is 0 Å². The van der Waals surface area contributed by atoms with Crippen LogP contribution in [0.15, 0.2) is 0 Å². The summed E-state index contributed by atoms with van der Waals surface area (Å²) in [4.78, 5) is 0. The van der Waals surface area contributed by atoms with E-state index < -0.39 is 8.53 Å². The molecule has 0 aromatic carbocycles. The highest BCUT2D eigenvalue weighted by Gasteiger charge is 2.07. The van der Waals surface area contributed by atoms with Crippen molar-refractivity contribution in [3.05, 3.63) is 0 Å². The first-order chi connectivity index (χ1) is 4.52. The van der Waals surface area contributed by atoms with Gasteiger partial charge in [0.05, 0.1) is 12.2 Å². The van der Waals surface area contributed by atoms with Gasteiger partial charge in [-0.05, 0) is 27.7 Å². The average Bonchev–Trinajstić information content (AvgIpc) is 1.58. The van der Waals surface area contributed by atoms with Gasteiger partial charge in [0.15, 0.2) is 0 Å². The van der Waals surface area contributed by atoms with Gasteiger partial charge in [0.25, 0.3) is 8.53 Å². The highest BCUT2D eigenvalue weighted by molar-refractivity contribution is 7.44. The molecule has 10 heavy (non-hydrogen) atoms. The Morgan fingerprint density at radius 2 is 1.30 bits per heavy atom. The summed E-state index contributed by atoms with van der Waals surface area (Å²) in [6.07, 6.45) is 0.296. The molecule has 4 heteroatoms. The first-order valence-corrected chi connectivity index (χ1v) is 4.65. The first-order valence-electron chi connectivity index (χ1n) is 3.40. The summed E-state index contributed by atoms with van der Waals surface area (Å²) in [5, 5.41) is 0. The van der Waals surface area contributed by atoms with Crippen LogP contribution in [-0.4, -0.2) is 12.2 Å². The van der Waals surface area contributed by atoms with E-state index in [1.807, 2.05) is 27.7 Å². The van der Waals surface area contributed by atoms with Gasteiger partial charge in [-0.1, -0.05) is 0 Å². The van der Waals surface area contributed by atoms with Crippen LogP contribution in [0.5, 0.6) is 0 Å². The van der Waals surface area contributed by atoms with Crippen molar-refractivity contribution in [1.82, 2.24) is 0 Å². The number of nitrogens with two attached hydrogens (primary N) is 1. The van der Waals surface area contributed by atoms with E-state index in [-0.39, 0.29) is 12.2 Å². The highest BCUT2D eigenvalue weighted by Crippen LogP contribution is 2.31. The van der Waals surface area contributed by atoms with Gasteiger partial charge >= 0.3 is 0 Å². The summed E-state index contributed by atoms with van der Waals surface area (Å²) in [6, 6.07) is 0. The Morgan fingerprint density at radius 3 is 1.50 bits per heavy atom. The SMILES string of the molecule is CC(C)OP(N)OC(C)C. The van der Waals surface area contributed by atoms with Gasteiger partial charge in [0.1, 0.15) is 0 Å². The maximum Gasteiger partial charge on any atom is 0.253 e. The molecule has 0 aliphatic rings. The molecule has 0 aromatic rings. The van der Waals surface area contributed by atoms with Gasteiger partial charge in [-0.25, -0.2) is 0 Å². The Hall–Kier alpha value is 0.310. The summed E-state index contributed by atoms with van der Waals surface area (Å²) < 4.78 is 10.4. The predicted octanol–water partition coefficient (Wildman–Crippen LogP) is 2.02. The maximum absolute atomic E-state index is 5.50. The second-order valence-corrected chi connectivity index (χ2v) is 3.59. The molecule has 0 aliphatic carbocycles. The van der Waals surface area contributed by atoms with Crippen LogP contribution in [0.1, 0.15) is 27.7 Å². The number of rotatable bonds is 4. The van der Waals surface area contributed by atoms with Crippen LogP contribution in [0.25, 0.3) is 0 Å². The van der Waals surface area contributed by atoms with Crippen molar-refractivity contribution in [3.63, 3.8) is 0 Å². The predicted molar refractivity (Wildman–Crippen MR) is 43.5 cm³/mol. The Kier molecular flexibility index (Phi) is 5.18. The lowest BCUT2D eigenvalue weighted by Crippen LogP contribution is -2.08. The molecule has 0 aromatic heterocycles. The van der Waals surface area contributed by atoms with Crippen LogP contribution >= 0.6 is 8.53 Å². The Labute approximate surface area is 63.9 Å². The molecule has 3 nitrogen and oxygen atoms in total. The fourth-order valence-electron chi connectivity index (χ4n) is 0.440. The minimum atomic E-state index is -1.16. The molecule has 0 bridgehead atoms. The molecule has 0 rings (SSSR count). The van der Waals surface area contributed by atoms with Crippen molar-refractivity contribution in [1.29, 1.82) is 0 Å². The van der Waals surface area contributed by atoms with Gasteiger partial charge in [-0.3, -0.25) is 5.50 Å². The Morgan fingerprint density at radius 1 is 1.00 bits per heavy atom. The van der Waals surface area contributed by atoms with Crippen LogP contribution < -0.4 is 5.50 Å². The molecule has 0 aliphatic heterocycles. The summed E-state index contributed by atoms with van der Waals surface area (Å²) in [5.74, 6) is 0. The zero-order chi connectivity index (χ0) is 8.15. The third-order valence-corrected chi connectivity index (χ3v) is 1.89. The van der Waals surface area contributed by atoms with Crippen LogP contribution in [-0.2, 0) is 9.05 Å². The molecule has 0 amide bonds. The lowest BCUT2D eigenvalue weighted by atomic mass is 10.5. The summed E-state index contributed by atoms with van der Waals surface area (Å²) in [7, 11) is -1.16. The van der Waals surface area contributed by atoms with E-state index in [9.17, 15) is 0 Å². The monoisotopic (exact) mass is 165 g/mol. The summed E-state index contributed by atoms with van der Waals surface area (Å²) >= 11 is 0. The van der Waals surface area contributed by atoms with Crippen LogP contribution in [0.3, 0.4) is 0 Å². The van der Waals surface area contributed by atoms with Gasteiger partial charge in [-0.15, -0.1) is 0 Å². The molecule has 62 valence electrons. The van der Waals surface area contributed by atoms with Crippen LogP contribution in [0, 0.1) is 0 Å². The first kappa shape index (κ1) is 10.3. The number of hydrogen-bond acceptors (Lipinski definition) is 3. The minimum Gasteiger partial charge on any atom is -0.319 e. The van der Waals surface area contributed by atoms with Crippen LogP contribution in [0.4, 0.5) is 0 Å². The third kappa shape index (κ3) is 6.43. The van der Waals surface area contributed by atoms with E-state index in [1.54, 1.807) is 0 Å². The van der Waals surface area contributed by atoms with Crippen molar-refractivity contribution in [2.24, 2.45) is 5.50 Å². The Bertz CT molecular complexity index is 77.8. The van der Waals surface area contributed by atoms with Crippen molar-refractivity contribution in [2.75, 3.05) is 0 Å². The lowest BCUT2D eigenvalue weighted by Gasteiger charge is -2.16. The number of hydrogen-bond donors (Lipinski definition) is 1. The normalized spacial score (nSPS) is 12.0. The van der Waals surface area contributed by atoms with Crippen molar-refractivity contribution in [3.8, 4) is 0 Å². The van der Waals surface area contributed by atoms with Crippen molar-refractivity contribution in [2.45, 2.75) is 39.9 Å². The third-order valence-electron chi connectivity index (χ3n) is 0.629. The van der Waals surface area contributed by atoms with Gasteiger partial charge in [0.2, 0.25) is 0 Å². The molecule has 0 saturated heterocycles. The second kappa shape index (κ2) is 5.03. The molecule has 0 atom stereocenters. The van der Waals surface area contributed by atoms with Crippen molar-refractivity contribution >= 4 is 8.53 Å². The Balaban J connectivity index is 3.34. The minimum absolute atomic E-state index is 0.148. The average molecular weight is 165 g/mol. The summed E-state index contributed by atoms with van der Waals surface area (Å²) in [6.45, 7) is 7.75. The fraction of sp³-hybridized carbons (Fsp3) is 1.00. The van der Waals surface area contributed by atoms with E-state index in [1.165, 1.54) is 0 Å². The largest absolute Gasteiger partial charge is 0.319 e. The topological polar surface area (TPSA) is 44.5 Å². The van der Waals surface area contributed by atoms with Gasteiger partial charge in [0, 0.05) is 0 Å². The molecular weight excluding hydrogens is 149 g/mol. The zero-order valence-electron chi connectivity index (χ0n) is 7.00. The van der Waals surface area contributed by atoms with Gasteiger partial charge in [-0.2, -0.15) is 0 Å². The molecule has 0 unspecified atom stereocenters. The van der Waals surface area contributed by atoms with E-state index in [0.29, 0.717) is 0 Å². The standard InChI is InChI=1S/C6H16NO2P/c1-5(2)8-10(7)9-6(3)4/h5-6H,7H2,1-4H3. The van der Waals surface area contributed by atoms with Crippen molar-refractivity contribution < 1.29 is 9.05 Å². The van der Waals surface area contributed by atoms with Crippen LogP contribution in [0.2, 0.25) is 0 Å². The quantitative estimate of drug-likeness (QED) is 0.648. The smallest absolute Gasteiger partial charge is 0.253 e. The zero-order valence-corrected chi connectivity index (χ0v) is 7.89. The molecule has 2 N–H and O–H groups in total. The van der Waals surface area contributed by atoms with Gasteiger partial charge < -0.3 is 9.05 Å². The molecule has 0 fully saturated rings. The van der Waals surface area contributed by atoms with E-state index in [2.05, 4.69) is 0 Å². The molecule has 0 heterocycles. The highest BCUT2D eigenvalue weighted by atomic mass is 31.2. The van der Waals surface area contributed by atoms with E-state index in [4.69, 9.17) is 14.6 Å². The second-order valence-electron chi connectivity index (χ2n) is 2.59. The maximum atomic E-state index is 5.50. The lowest BCUT2D eigenvalue weighted by molar-refractivity contribution is 0.177. The molecule has 0 radical (unpaired) electrons.